The van der Waals surface area contributed by atoms with Gasteiger partial charge in [-0.15, -0.1) is 0 Å². The second-order valence-electron chi connectivity index (χ2n) is 2.28. The first-order chi connectivity index (χ1) is 6.15. The van der Waals surface area contributed by atoms with Crippen LogP contribution in [0.5, 0.6) is 0 Å². The summed E-state index contributed by atoms with van der Waals surface area (Å²) in [5.41, 5.74) is 0.442. The van der Waals surface area contributed by atoms with E-state index in [1.54, 1.807) is 0 Å². The van der Waals surface area contributed by atoms with Crippen LogP contribution in [0, 0.1) is 5.82 Å². The fraction of sp³-hybridized carbons (Fsp3) is 0. The van der Waals surface area contributed by atoms with Crippen LogP contribution in [-0.4, -0.2) is 6.29 Å². The van der Waals surface area contributed by atoms with Crippen molar-refractivity contribution in [2.75, 3.05) is 0 Å². The molecule has 0 saturated heterocycles. The number of allylic oxidation sites excluding steroid dienone is 1. The van der Waals surface area contributed by atoms with E-state index >= 15 is 0 Å². The summed E-state index contributed by atoms with van der Waals surface area (Å²) in [6.45, 7) is 0. The number of hydrogen-bond donors (Lipinski definition) is 0. The molecule has 0 bridgehead atoms. The van der Waals surface area contributed by atoms with Crippen LogP contribution in [0.1, 0.15) is 5.56 Å². The van der Waals surface area contributed by atoms with Gasteiger partial charge in [-0.3, -0.25) is 4.79 Å². The van der Waals surface area contributed by atoms with Gasteiger partial charge in [0.15, 0.2) is 0 Å². The third kappa shape index (κ3) is 2.54. The summed E-state index contributed by atoms with van der Waals surface area (Å²) in [6.07, 6.45) is 3.26. The lowest BCUT2D eigenvalue weighted by molar-refractivity contribution is -0.104. The number of carbonyl (C=O) groups excluding carboxylic acids is 1. The lowest BCUT2D eigenvalue weighted by Crippen LogP contribution is -1.81. The standard InChI is InChI=1S/C9H5Cl2FO/c10-8-4-6(12)5-9(11)7(8)2-1-3-13/h1-5H. The monoisotopic (exact) mass is 218 g/mol. The molecule has 0 aliphatic heterocycles. The predicted octanol–water partition coefficient (Wildman–Crippen LogP) is 3.34. The molecule has 1 aromatic carbocycles. The van der Waals surface area contributed by atoms with Gasteiger partial charge in [0.1, 0.15) is 12.1 Å². The molecule has 0 aliphatic rings. The molecule has 13 heavy (non-hydrogen) atoms. The third-order valence-electron chi connectivity index (χ3n) is 1.39. The summed E-state index contributed by atoms with van der Waals surface area (Å²) in [5, 5.41) is 0.367. The highest BCUT2D eigenvalue weighted by Crippen LogP contribution is 2.26. The first-order valence-electron chi connectivity index (χ1n) is 3.41. The minimum Gasteiger partial charge on any atom is -0.299 e. The minimum absolute atomic E-state index is 0.183. The van der Waals surface area contributed by atoms with Crippen molar-refractivity contribution < 1.29 is 9.18 Å². The van der Waals surface area contributed by atoms with Crippen molar-refractivity contribution in [3.8, 4) is 0 Å². The summed E-state index contributed by atoms with van der Waals surface area (Å²) in [4.78, 5) is 10.0. The average molecular weight is 219 g/mol. The number of rotatable bonds is 2. The fourth-order valence-corrected chi connectivity index (χ4v) is 1.43. The molecule has 0 fully saturated rings. The Morgan fingerprint density at radius 1 is 1.23 bits per heavy atom. The van der Waals surface area contributed by atoms with Gasteiger partial charge in [0.25, 0.3) is 0 Å². The van der Waals surface area contributed by atoms with E-state index in [0.29, 0.717) is 11.8 Å². The number of benzene rings is 1. The Morgan fingerprint density at radius 3 is 2.23 bits per heavy atom. The van der Waals surface area contributed by atoms with Crippen molar-refractivity contribution in [3.63, 3.8) is 0 Å². The van der Waals surface area contributed by atoms with Crippen LogP contribution in [0.2, 0.25) is 10.0 Å². The highest BCUT2D eigenvalue weighted by Gasteiger charge is 2.04. The van der Waals surface area contributed by atoms with Crippen LogP contribution >= 0.6 is 23.2 Å². The first-order valence-corrected chi connectivity index (χ1v) is 4.17. The predicted molar refractivity (Wildman–Crippen MR) is 51.5 cm³/mol. The van der Waals surface area contributed by atoms with Gasteiger partial charge in [-0.05, 0) is 24.3 Å². The van der Waals surface area contributed by atoms with Crippen molar-refractivity contribution in [2.45, 2.75) is 0 Å². The molecule has 0 aromatic heterocycles. The van der Waals surface area contributed by atoms with Crippen LogP contribution in [-0.2, 0) is 4.79 Å². The molecule has 1 nitrogen and oxygen atoms in total. The lowest BCUT2D eigenvalue weighted by Gasteiger charge is -2.00. The zero-order chi connectivity index (χ0) is 9.84. The summed E-state index contributed by atoms with van der Waals surface area (Å²) >= 11 is 11.4. The van der Waals surface area contributed by atoms with Crippen molar-refractivity contribution in [1.82, 2.24) is 0 Å². The molecule has 1 rings (SSSR count). The van der Waals surface area contributed by atoms with Gasteiger partial charge in [-0.25, -0.2) is 4.39 Å². The number of aldehydes is 1. The Morgan fingerprint density at radius 2 is 1.77 bits per heavy atom. The summed E-state index contributed by atoms with van der Waals surface area (Å²) in [6, 6.07) is 2.27. The Bertz CT molecular complexity index is 338. The van der Waals surface area contributed by atoms with Gasteiger partial charge in [-0.2, -0.15) is 0 Å². The molecule has 0 N–H and O–H groups in total. The van der Waals surface area contributed by atoms with E-state index in [4.69, 9.17) is 23.2 Å². The molecule has 0 radical (unpaired) electrons. The Kier molecular flexibility index (Phi) is 3.46. The molecular weight excluding hydrogens is 214 g/mol. The normalized spacial score (nSPS) is 10.7. The van der Waals surface area contributed by atoms with E-state index in [1.807, 2.05) is 0 Å². The van der Waals surface area contributed by atoms with E-state index in [9.17, 15) is 9.18 Å². The van der Waals surface area contributed by atoms with Gasteiger partial charge in [0.2, 0.25) is 0 Å². The molecule has 0 aliphatic carbocycles. The maximum Gasteiger partial charge on any atom is 0.142 e. The van der Waals surface area contributed by atoms with Crippen LogP contribution in [0.15, 0.2) is 18.2 Å². The van der Waals surface area contributed by atoms with Crippen molar-refractivity contribution in [1.29, 1.82) is 0 Å². The third-order valence-corrected chi connectivity index (χ3v) is 2.01. The molecule has 0 unspecified atom stereocenters. The fourth-order valence-electron chi connectivity index (χ4n) is 0.848. The maximum atomic E-state index is 12.7. The molecule has 4 heteroatoms. The van der Waals surface area contributed by atoms with Gasteiger partial charge in [-0.1, -0.05) is 23.2 Å². The summed E-state index contributed by atoms with van der Waals surface area (Å²) in [5.74, 6) is -0.502. The molecule has 0 amide bonds. The quantitative estimate of drug-likeness (QED) is 0.550. The second kappa shape index (κ2) is 4.40. The summed E-state index contributed by atoms with van der Waals surface area (Å²) in [7, 11) is 0. The summed E-state index contributed by atoms with van der Waals surface area (Å²) < 4.78 is 12.7. The Balaban J connectivity index is 3.20. The van der Waals surface area contributed by atoms with Crippen molar-refractivity contribution >= 4 is 35.6 Å². The molecule has 0 heterocycles. The largest absolute Gasteiger partial charge is 0.299 e. The molecule has 0 spiro atoms. The molecule has 1 aromatic rings. The molecule has 0 saturated carbocycles. The van der Waals surface area contributed by atoms with Crippen LogP contribution in [0.3, 0.4) is 0 Å². The highest BCUT2D eigenvalue weighted by molar-refractivity contribution is 6.37. The van der Waals surface area contributed by atoms with Gasteiger partial charge < -0.3 is 0 Å². The van der Waals surface area contributed by atoms with Gasteiger partial charge in [0.05, 0.1) is 10.0 Å². The highest BCUT2D eigenvalue weighted by atomic mass is 35.5. The molecular formula is C9H5Cl2FO. The average Bonchev–Trinajstić information content (AvgIpc) is 2.02. The smallest absolute Gasteiger partial charge is 0.142 e. The zero-order valence-electron chi connectivity index (χ0n) is 6.43. The zero-order valence-corrected chi connectivity index (χ0v) is 7.94. The number of hydrogen-bond acceptors (Lipinski definition) is 1. The Labute approximate surface area is 84.8 Å². The van der Waals surface area contributed by atoms with Crippen LogP contribution in [0.25, 0.3) is 6.08 Å². The van der Waals surface area contributed by atoms with E-state index < -0.39 is 5.82 Å². The minimum atomic E-state index is -0.502. The van der Waals surface area contributed by atoms with Gasteiger partial charge >= 0.3 is 0 Å². The topological polar surface area (TPSA) is 17.1 Å². The second-order valence-corrected chi connectivity index (χ2v) is 3.09. The van der Waals surface area contributed by atoms with E-state index in [2.05, 4.69) is 0 Å². The van der Waals surface area contributed by atoms with Crippen LogP contribution < -0.4 is 0 Å². The molecule has 68 valence electrons. The number of halogens is 3. The SMILES string of the molecule is O=CC=Cc1c(Cl)cc(F)cc1Cl. The Hall–Kier alpha value is -0.860. The van der Waals surface area contributed by atoms with Crippen molar-refractivity contribution in [3.05, 3.63) is 39.6 Å². The number of carbonyl (C=O) groups is 1. The maximum absolute atomic E-state index is 12.7. The van der Waals surface area contributed by atoms with Crippen LogP contribution in [0.4, 0.5) is 4.39 Å². The first kappa shape index (κ1) is 10.2. The van der Waals surface area contributed by atoms with E-state index in [-0.39, 0.29) is 10.0 Å². The lowest BCUT2D eigenvalue weighted by atomic mass is 10.2. The van der Waals surface area contributed by atoms with Gasteiger partial charge in [0, 0.05) is 5.56 Å². The van der Waals surface area contributed by atoms with E-state index in [1.165, 1.54) is 12.2 Å². The van der Waals surface area contributed by atoms with E-state index in [0.717, 1.165) is 12.1 Å². The van der Waals surface area contributed by atoms with Crippen molar-refractivity contribution in [2.24, 2.45) is 0 Å². The molecule has 0 atom stereocenters.